The number of benzene rings is 1. The molecule has 1 aromatic rings. The highest BCUT2D eigenvalue weighted by atomic mass is 16.5. The number of amides is 2. The minimum Gasteiger partial charge on any atom is -0.494 e. The third-order valence-electron chi connectivity index (χ3n) is 6.54. The number of rotatable bonds is 9. The molecule has 1 atom stereocenters. The first kappa shape index (κ1) is 24.0. The van der Waals surface area contributed by atoms with Gasteiger partial charge in [0.1, 0.15) is 17.8 Å². The van der Waals surface area contributed by atoms with Crippen molar-refractivity contribution in [1.29, 1.82) is 0 Å². The van der Waals surface area contributed by atoms with Crippen LogP contribution in [0.4, 0.5) is 5.69 Å². The molecule has 0 aromatic heterocycles. The summed E-state index contributed by atoms with van der Waals surface area (Å²) in [6.45, 7) is 7.89. The van der Waals surface area contributed by atoms with Gasteiger partial charge >= 0.3 is 5.97 Å². The van der Waals surface area contributed by atoms with Crippen LogP contribution in [-0.2, 0) is 9.59 Å². The zero-order valence-electron chi connectivity index (χ0n) is 19.3. The number of nitrogens with zero attached hydrogens (tertiary/aromatic N) is 1. The fourth-order valence-corrected chi connectivity index (χ4v) is 4.78. The largest absolute Gasteiger partial charge is 0.494 e. The molecule has 176 valence electrons. The first-order valence-corrected chi connectivity index (χ1v) is 11.6. The highest BCUT2D eigenvalue weighted by molar-refractivity contribution is 6.10. The van der Waals surface area contributed by atoms with Crippen molar-refractivity contribution in [3.8, 4) is 5.75 Å². The number of carbonyl (C=O) groups is 3. The van der Waals surface area contributed by atoms with Gasteiger partial charge in [0.05, 0.1) is 17.9 Å². The van der Waals surface area contributed by atoms with Crippen LogP contribution in [0.15, 0.2) is 18.2 Å². The zero-order valence-corrected chi connectivity index (χ0v) is 19.3. The average molecular weight is 446 g/mol. The van der Waals surface area contributed by atoms with Crippen molar-refractivity contribution in [2.24, 2.45) is 11.8 Å². The van der Waals surface area contributed by atoms with Gasteiger partial charge in [0.2, 0.25) is 5.91 Å². The molecule has 0 bridgehead atoms. The Labute approximate surface area is 189 Å². The minimum atomic E-state index is -1.45. The van der Waals surface area contributed by atoms with E-state index in [1.165, 1.54) is 4.90 Å². The van der Waals surface area contributed by atoms with Crippen LogP contribution in [0.3, 0.4) is 0 Å². The predicted octanol–water partition coefficient (Wildman–Crippen LogP) is 3.13. The summed E-state index contributed by atoms with van der Waals surface area (Å²) >= 11 is 0. The number of aliphatic carboxylic acids is 1. The maximum Gasteiger partial charge on any atom is 0.329 e. The summed E-state index contributed by atoms with van der Waals surface area (Å²) in [5.74, 6) is -0.748. The van der Waals surface area contributed by atoms with E-state index in [0.717, 1.165) is 32.4 Å². The second kappa shape index (κ2) is 10.3. The van der Waals surface area contributed by atoms with Crippen molar-refractivity contribution >= 4 is 23.5 Å². The van der Waals surface area contributed by atoms with E-state index in [4.69, 9.17) is 4.74 Å². The van der Waals surface area contributed by atoms with Crippen molar-refractivity contribution in [3.05, 3.63) is 23.8 Å². The van der Waals surface area contributed by atoms with Gasteiger partial charge in [-0.25, -0.2) is 4.79 Å². The lowest BCUT2D eigenvalue weighted by Crippen LogP contribution is -2.58. The Bertz CT molecular complexity index is 850. The van der Waals surface area contributed by atoms with Gasteiger partial charge < -0.3 is 25.4 Å². The van der Waals surface area contributed by atoms with E-state index < -0.39 is 23.3 Å². The molecule has 1 saturated heterocycles. The molecule has 1 aromatic carbocycles. The smallest absolute Gasteiger partial charge is 0.329 e. The molecule has 8 heteroatoms. The quantitative estimate of drug-likeness (QED) is 0.539. The Morgan fingerprint density at radius 1 is 1.28 bits per heavy atom. The maximum absolute atomic E-state index is 13.6. The molecule has 1 fully saturated rings. The maximum atomic E-state index is 13.6. The van der Waals surface area contributed by atoms with Crippen molar-refractivity contribution in [2.75, 3.05) is 31.6 Å². The summed E-state index contributed by atoms with van der Waals surface area (Å²) in [5.41, 5.74) is -0.804. The number of hydrogen-bond donors (Lipinski definition) is 3. The molecular weight excluding hydrogens is 410 g/mol. The Morgan fingerprint density at radius 3 is 2.62 bits per heavy atom. The van der Waals surface area contributed by atoms with Crippen LogP contribution in [0.1, 0.15) is 63.2 Å². The molecule has 1 unspecified atom stereocenters. The predicted molar refractivity (Wildman–Crippen MR) is 122 cm³/mol. The summed E-state index contributed by atoms with van der Waals surface area (Å²) in [7, 11) is 0. The van der Waals surface area contributed by atoms with Crippen LogP contribution < -0.4 is 15.4 Å². The monoisotopic (exact) mass is 445 g/mol. The first-order valence-electron chi connectivity index (χ1n) is 11.6. The molecule has 3 rings (SSSR count). The van der Waals surface area contributed by atoms with E-state index in [2.05, 4.69) is 10.6 Å². The van der Waals surface area contributed by atoms with Gasteiger partial charge in [0.15, 0.2) is 0 Å². The number of carbonyl (C=O) groups excluding carboxylic acids is 2. The zero-order chi connectivity index (χ0) is 23.3. The van der Waals surface area contributed by atoms with Crippen LogP contribution in [-0.4, -0.2) is 59.6 Å². The lowest BCUT2D eigenvalue weighted by atomic mass is 9.84. The van der Waals surface area contributed by atoms with E-state index in [1.54, 1.807) is 25.1 Å². The number of fused-ring (bicyclic) bond motifs is 1. The lowest BCUT2D eigenvalue weighted by molar-refractivity contribution is -0.151. The van der Waals surface area contributed by atoms with Crippen LogP contribution in [0.5, 0.6) is 5.75 Å². The van der Waals surface area contributed by atoms with Gasteiger partial charge in [-0.05, 0) is 75.2 Å². The third-order valence-corrected chi connectivity index (χ3v) is 6.54. The molecular formula is C24H35N3O5. The molecule has 2 aliphatic rings. The second-order valence-electron chi connectivity index (χ2n) is 9.27. The van der Waals surface area contributed by atoms with Crippen LogP contribution in [0.2, 0.25) is 0 Å². The molecule has 3 N–H and O–H groups in total. The number of anilines is 1. The summed E-state index contributed by atoms with van der Waals surface area (Å²) in [6.07, 6.45) is 3.69. The second-order valence-corrected chi connectivity index (χ2v) is 9.27. The summed E-state index contributed by atoms with van der Waals surface area (Å²) < 4.78 is 5.93. The minimum absolute atomic E-state index is 0.0364. The Morgan fingerprint density at radius 2 is 2.00 bits per heavy atom. The number of carboxylic acid groups (broad SMARTS) is 1. The number of carboxylic acids is 1. The average Bonchev–Trinajstić information content (AvgIpc) is 2.88. The van der Waals surface area contributed by atoms with Crippen LogP contribution in [0, 0.1) is 11.8 Å². The topological polar surface area (TPSA) is 108 Å². The lowest BCUT2D eigenvalue weighted by Gasteiger charge is -2.40. The van der Waals surface area contributed by atoms with E-state index in [-0.39, 0.29) is 30.9 Å². The molecule has 32 heavy (non-hydrogen) atoms. The Balaban J connectivity index is 1.84. The van der Waals surface area contributed by atoms with E-state index in [0.29, 0.717) is 24.0 Å². The van der Waals surface area contributed by atoms with Crippen LogP contribution in [0.25, 0.3) is 0 Å². The van der Waals surface area contributed by atoms with Crippen LogP contribution >= 0.6 is 0 Å². The normalized spacial score (nSPS) is 19.2. The van der Waals surface area contributed by atoms with Gasteiger partial charge in [-0.2, -0.15) is 0 Å². The summed E-state index contributed by atoms with van der Waals surface area (Å²) in [4.78, 5) is 39.7. The van der Waals surface area contributed by atoms with E-state index in [1.807, 2.05) is 13.8 Å². The number of nitrogens with one attached hydrogen (secondary N) is 2. The first-order chi connectivity index (χ1) is 15.3. The van der Waals surface area contributed by atoms with Gasteiger partial charge in [-0.15, -0.1) is 0 Å². The SMILES string of the molecule is CCC(CC(C)C)(C(=O)O)N1CC(=O)Nc2ccc(OCCC3CCNCC3)cc2C1=O. The van der Waals surface area contributed by atoms with Crippen molar-refractivity contribution in [1.82, 2.24) is 10.2 Å². The van der Waals surface area contributed by atoms with Crippen molar-refractivity contribution in [3.63, 3.8) is 0 Å². The van der Waals surface area contributed by atoms with E-state index >= 15 is 0 Å². The number of hydrogen-bond acceptors (Lipinski definition) is 5. The molecule has 2 heterocycles. The van der Waals surface area contributed by atoms with Gasteiger partial charge in [0, 0.05) is 0 Å². The fraction of sp³-hybridized carbons (Fsp3) is 0.625. The molecule has 0 aliphatic carbocycles. The number of piperidine rings is 1. The highest BCUT2D eigenvalue weighted by Gasteiger charge is 2.47. The summed E-state index contributed by atoms with van der Waals surface area (Å²) in [5, 5.41) is 16.2. The molecule has 0 spiro atoms. The third kappa shape index (κ3) is 5.23. The standard InChI is InChI=1S/C24H35N3O5/c1-4-24(23(30)31,14-16(2)3)27-15-21(28)26-20-6-5-18(13-19(20)22(27)29)32-12-9-17-7-10-25-11-8-17/h5-6,13,16-17,25H,4,7-12,14-15H2,1-3H3,(H,26,28)(H,30,31). The van der Waals surface area contributed by atoms with Gasteiger partial charge in [0.25, 0.3) is 5.91 Å². The number of ether oxygens (including phenoxy) is 1. The Kier molecular flexibility index (Phi) is 7.77. The Hall–Kier alpha value is -2.61. The molecule has 2 aliphatic heterocycles. The molecule has 0 saturated carbocycles. The summed E-state index contributed by atoms with van der Waals surface area (Å²) in [6, 6.07) is 5.02. The van der Waals surface area contributed by atoms with E-state index in [9.17, 15) is 19.5 Å². The highest BCUT2D eigenvalue weighted by Crippen LogP contribution is 2.34. The van der Waals surface area contributed by atoms with Gasteiger partial charge in [-0.1, -0.05) is 20.8 Å². The van der Waals surface area contributed by atoms with Crippen molar-refractivity contribution in [2.45, 2.75) is 58.4 Å². The molecule has 8 nitrogen and oxygen atoms in total. The van der Waals surface area contributed by atoms with Gasteiger partial charge in [-0.3, -0.25) is 9.59 Å². The molecule has 0 radical (unpaired) electrons. The fourth-order valence-electron chi connectivity index (χ4n) is 4.78. The molecule has 2 amide bonds. The van der Waals surface area contributed by atoms with Crippen molar-refractivity contribution < 1.29 is 24.2 Å².